The quantitative estimate of drug-likeness (QED) is 0.822. The van der Waals surface area contributed by atoms with Crippen LogP contribution in [-0.4, -0.2) is 11.4 Å². The number of hydrogen-bond acceptors (Lipinski definition) is 2. The molecule has 0 aliphatic heterocycles. The van der Waals surface area contributed by atoms with E-state index in [9.17, 15) is 4.79 Å². The van der Waals surface area contributed by atoms with Crippen LogP contribution in [0.2, 0.25) is 0 Å². The van der Waals surface area contributed by atoms with Gasteiger partial charge in [0.05, 0.1) is 5.54 Å². The molecule has 92 valence electrons. The van der Waals surface area contributed by atoms with Gasteiger partial charge in [-0.15, -0.1) is 0 Å². The molecule has 0 aromatic heterocycles. The second-order valence-corrected chi connectivity index (χ2v) is 5.91. The molecule has 0 radical (unpaired) electrons. The van der Waals surface area contributed by atoms with Crippen LogP contribution >= 0.6 is 0 Å². The second-order valence-electron chi connectivity index (χ2n) is 5.91. The third-order valence-electron chi connectivity index (χ3n) is 3.22. The Hall–Kier alpha value is -1.35. The van der Waals surface area contributed by atoms with Crippen LogP contribution in [-0.2, 0) is 10.2 Å². The highest BCUT2D eigenvalue weighted by molar-refractivity contribution is 6.00. The Bertz CT molecular complexity index is 442. The van der Waals surface area contributed by atoms with Gasteiger partial charge < -0.3 is 11.1 Å². The molecule has 1 saturated carbocycles. The van der Waals surface area contributed by atoms with Gasteiger partial charge in [0, 0.05) is 5.69 Å². The van der Waals surface area contributed by atoms with Crippen molar-refractivity contribution in [1.82, 2.24) is 0 Å². The molecule has 1 fully saturated rings. The lowest BCUT2D eigenvalue weighted by molar-refractivity contribution is -0.118. The Morgan fingerprint density at radius 2 is 1.88 bits per heavy atom. The van der Waals surface area contributed by atoms with Crippen LogP contribution in [0.3, 0.4) is 0 Å². The van der Waals surface area contributed by atoms with E-state index in [2.05, 4.69) is 26.1 Å². The Morgan fingerprint density at radius 1 is 1.29 bits per heavy atom. The molecule has 0 atom stereocenters. The average Bonchev–Trinajstić information content (AvgIpc) is 2.97. The molecule has 1 aliphatic rings. The first-order valence-corrected chi connectivity index (χ1v) is 6.03. The van der Waals surface area contributed by atoms with Crippen LogP contribution in [0.25, 0.3) is 0 Å². The summed E-state index contributed by atoms with van der Waals surface area (Å²) in [7, 11) is 0. The molecule has 17 heavy (non-hydrogen) atoms. The number of benzene rings is 1. The van der Waals surface area contributed by atoms with Gasteiger partial charge in [-0.05, 0) is 29.9 Å². The monoisotopic (exact) mass is 232 g/mol. The van der Waals surface area contributed by atoms with Crippen molar-refractivity contribution in [3.8, 4) is 0 Å². The topological polar surface area (TPSA) is 55.1 Å². The summed E-state index contributed by atoms with van der Waals surface area (Å²) in [4.78, 5) is 11.9. The van der Waals surface area contributed by atoms with E-state index in [-0.39, 0.29) is 11.3 Å². The van der Waals surface area contributed by atoms with Crippen molar-refractivity contribution in [3.05, 3.63) is 29.8 Å². The van der Waals surface area contributed by atoms with E-state index < -0.39 is 5.54 Å². The summed E-state index contributed by atoms with van der Waals surface area (Å²) in [5.41, 5.74) is 7.29. The minimum atomic E-state index is -0.620. The van der Waals surface area contributed by atoms with Crippen molar-refractivity contribution in [1.29, 1.82) is 0 Å². The zero-order chi connectivity index (χ0) is 12.7. The lowest BCUT2D eigenvalue weighted by Gasteiger charge is -2.23. The first-order chi connectivity index (χ1) is 7.83. The van der Waals surface area contributed by atoms with Crippen molar-refractivity contribution in [2.75, 3.05) is 5.32 Å². The van der Waals surface area contributed by atoms with Gasteiger partial charge in [-0.2, -0.15) is 0 Å². The Labute approximate surface area is 102 Å². The highest BCUT2D eigenvalue weighted by Crippen LogP contribution is 2.35. The Kier molecular flexibility index (Phi) is 2.74. The average molecular weight is 232 g/mol. The molecule has 0 spiro atoms. The highest BCUT2D eigenvalue weighted by Gasteiger charge is 2.46. The zero-order valence-electron chi connectivity index (χ0n) is 10.7. The minimum Gasteiger partial charge on any atom is -0.324 e. The van der Waals surface area contributed by atoms with Gasteiger partial charge in [0.1, 0.15) is 0 Å². The molecular weight excluding hydrogens is 212 g/mol. The first kappa shape index (κ1) is 12.1. The SMILES string of the molecule is CC(C)(C)c1ccccc1NC(=O)C1(N)CC1. The van der Waals surface area contributed by atoms with Crippen LogP contribution in [0.4, 0.5) is 5.69 Å². The Morgan fingerprint density at radius 3 is 2.41 bits per heavy atom. The molecule has 0 saturated heterocycles. The van der Waals surface area contributed by atoms with Crippen LogP contribution in [0.1, 0.15) is 39.2 Å². The molecular formula is C14H20N2O. The fourth-order valence-corrected chi connectivity index (χ4v) is 1.85. The largest absolute Gasteiger partial charge is 0.324 e. The number of nitrogens with one attached hydrogen (secondary N) is 1. The smallest absolute Gasteiger partial charge is 0.244 e. The standard InChI is InChI=1S/C14H20N2O/c1-13(2,3)10-6-4-5-7-11(10)16-12(17)14(15)8-9-14/h4-7H,8-9,15H2,1-3H3,(H,16,17). The lowest BCUT2D eigenvalue weighted by Crippen LogP contribution is -2.38. The summed E-state index contributed by atoms with van der Waals surface area (Å²) in [6.07, 6.45) is 1.58. The molecule has 0 bridgehead atoms. The number of para-hydroxylation sites is 1. The molecule has 3 nitrogen and oxygen atoms in total. The van der Waals surface area contributed by atoms with E-state index in [1.165, 1.54) is 0 Å². The molecule has 0 unspecified atom stereocenters. The molecule has 1 aromatic rings. The summed E-state index contributed by atoms with van der Waals surface area (Å²) in [5, 5.41) is 2.96. The maximum atomic E-state index is 11.9. The van der Waals surface area contributed by atoms with E-state index in [0.717, 1.165) is 24.1 Å². The van der Waals surface area contributed by atoms with Gasteiger partial charge in [-0.1, -0.05) is 39.0 Å². The summed E-state index contributed by atoms with van der Waals surface area (Å²) in [6.45, 7) is 6.40. The third-order valence-corrected chi connectivity index (χ3v) is 3.22. The number of carbonyl (C=O) groups is 1. The number of anilines is 1. The first-order valence-electron chi connectivity index (χ1n) is 6.03. The van der Waals surface area contributed by atoms with Crippen molar-refractivity contribution in [2.24, 2.45) is 5.73 Å². The number of carbonyl (C=O) groups excluding carboxylic acids is 1. The van der Waals surface area contributed by atoms with Gasteiger partial charge in [-0.3, -0.25) is 4.79 Å². The number of rotatable bonds is 2. The summed E-state index contributed by atoms with van der Waals surface area (Å²) in [6, 6.07) is 7.91. The Balaban J connectivity index is 2.24. The third kappa shape index (κ3) is 2.50. The van der Waals surface area contributed by atoms with Crippen LogP contribution < -0.4 is 11.1 Å². The van der Waals surface area contributed by atoms with Crippen molar-refractivity contribution in [3.63, 3.8) is 0 Å². The summed E-state index contributed by atoms with van der Waals surface area (Å²) in [5.74, 6) is -0.0609. The predicted molar refractivity (Wildman–Crippen MR) is 69.9 cm³/mol. The maximum absolute atomic E-state index is 11.9. The fraction of sp³-hybridized carbons (Fsp3) is 0.500. The lowest BCUT2D eigenvalue weighted by atomic mass is 9.86. The molecule has 1 aliphatic carbocycles. The minimum absolute atomic E-state index is 0.00911. The van der Waals surface area contributed by atoms with Crippen LogP contribution in [0, 0.1) is 0 Å². The molecule has 1 amide bonds. The zero-order valence-corrected chi connectivity index (χ0v) is 10.7. The van der Waals surface area contributed by atoms with Gasteiger partial charge >= 0.3 is 0 Å². The van der Waals surface area contributed by atoms with Gasteiger partial charge in [0.25, 0.3) is 0 Å². The highest BCUT2D eigenvalue weighted by atomic mass is 16.2. The van der Waals surface area contributed by atoms with E-state index in [0.29, 0.717) is 0 Å². The van der Waals surface area contributed by atoms with Gasteiger partial charge in [-0.25, -0.2) is 0 Å². The second kappa shape index (κ2) is 3.84. The predicted octanol–water partition coefficient (Wildman–Crippen LogP) is 2.41. The number of nitrogens with two attached hydrogens (primary N) is 1. The van der Waals surface area contributed by atoms with E-state index >= 15 is 0 Å². The molecule has 3 N–H and O–H groups in total. The van der Waals surface area contributed by atoms with Gasteiger partial charge in [0.15, 0.2) is 0 Å². The van der Waals surface area contributed by atoms with Crippen LogP contribution in [0.5, 0.6) is 0 Å². The normalized spacial score (nSPS) is 17.6. The number of amides is 1. The van der Waals surface area contributed by atoms with Crippen molar-refractivity contribution < 1.29 is 4.79 Å². The van der Waals surface area contributed by atoms with Crippen molar-refractivity contribution >= 4 is 11.6 Å². The van der Waals surface area contributed by atoms with Crippen LogP contribution in [0.15, 0.2) is 24.3 Å². The van der Waals surface area contributed by atoms with Gasteiger partial charge in [0.2, 0.25) is 5.91 Å². The van der Waals surface area contributed by atoms with Crippen molar-refractivity contribution in [2.45, 2.75) is 44.6 Å². The maximum Gasteiger partial charge on any atom is 0.244 e. The molecule has 1 aromatic carbocycles. The molecule has 2 rings (SSSR count). The van der Waals surface area contributed by atoms with E-state index in [1.807, 2.05) is 24.3 Å². The molecule has 3 heteroatoms. The molecule has 0 heterocycles. The number of hydrogen-bond donors (Lipinski definition) is 2. The fourth-order valence-electron chi connectivity index (χ4n) is 1.85. The van der Waals surface area contributed by atoms with E-state index in [4.69, 9.17) is 5.73 Å². The summed E-state index contributed by atoms with van der Waals surface area (Å²) >= 11 is 0. The summed E-state index contributed by atoms with van der Waals surface area (Å²) < 4.78 is 0. The van der Waals surface area contributed by atoms with E-state index in [1.54, 1.807) is 0 Å².